The average molecular weight is 523 g/mol. The molecule has 0 saturated heterocycles. The number of likely N-dealkylation sites (N-methyl/N-ethyl adjacent to an activating group) is 1. The summed E-state index contributed by atoms with van der Waals surface area (Å²) in [5, 5.41) is 13.9. The van der Waals surface area contributed by atoms with Crippen LogP contribution in [0.15, 0.2) is 82.0 Å². The lowest BCUT2D eigenvalue weighted by atomic mass is 9.90. The number of hydrogen-bond acceptors (Lipinski definition) is 6. The Labute approximate surface area is 226 Å². The minimum absolute atomic E-state index is 0.172. The van der Waals surface area contributed by atoms with Crippen molar-refractivity contribution in [3.63, 3.8) is 0 Å². The summed E-state index contributed by atoms with van der Waals surface area (Å²) in [6.07, 6.45) is 0. The van der Waals surface area contributed by atoms with Gasteiger partial charge in [0.05, 0.1) is 0 Å². The van der Waals surface area contributed by atoms with Crippen LogP contribution in [0.1, 0.15) is 21.5 Å². The van der Waals surface area contributed by atoms with Crippen molar-refractivity contribution in [2.24, 2.45) is 0 Å². The van der Waals surface area contributed by atoms with Crippen LogP contribution in [0.5, 0.6) is 17.2 Å². The van der Waals surface area contributed by atoms with Gasteiger partial charge in [-0.15, -0.1) is 0 Å². The molecule has 0 spiro atoms. The smallest absolute Gasteiger partial charge is 0.251 e. The summed E-state index contributed by atoms with van der Waals surface area (Å²) in [7, 11) is 3.91. The molecule has 3 aromatic rings. The first-order valence-electron chi connectivity index (χ1n) is 12.7. The van der Waals surface area contributed by atoms with Crippen LogP contribution < -0.4 is 15.5 Å². The van der Waals surface area contributed by atoms with E-state index in [1.54, 1.807) is 30.3 Å². The van der Waals surface area contributed by atoms with Crippen LogP contribution in [-0.2, 0) is 0 Å². The van der Waals surface area contributed by atoms with Crippen molar-refractivity contribution in [3.05, 3.63) is 99.7 Å². The molecule has 7 heteroatoms. The van der Waals surface area contributed by atoms with E-state index in [4.69, 9.17) is 9.15 Å². The van der Waals surface area contributed by atoms with Gasteiger partial charge >= 0.3 is 0 Å². The monoisotopic (exact) mass is 522 g/mol. The summed E-state index contributed by atoms with van der Waals surface area (Å²) in [5.41, 5.74) is 4.57. The minimum Gasteiger partial charge on any atom is -0.507 e. The number of rotatable bonds is 7. The van der Waals surface area contributed by atoms with Gasteiger partial charge in [-0.1, -0.05) is 18.2 Å². The Bertz CT molecular complexity index is 1700. The molecule has 1 aliphatic carbocycles. The molecule has 39 heavy (non-hydrogen) atoms. The van der Waals surface area contributed by atoms with E-state index < -0.39 is 0 Å². The van der Waals surface area contributed by atoms with Gasteiger partial charge in [0.1, 0.15) is 28.6 Å². The number of phenols is 1. The second-order valence-electron chi connectivity index (χ2n) is 9.91. The van der Waals surface area contributed by atoms with Gasteiger partial charge < -0.3 is 24.5 Å². The number of aryl methyl sites for hydroxylation is 2. The topological polar surface area (TPSA) is 92.0 Å². The van der Waals surface area contributed by atoms with E-state index in [2.05, 4.69) is 5.32 Å². The summed E-state index contributed by atoms with van der Waals surface area (Å²) in [6.45, 7) is 4.87. The SMILES string of the molecule is Cc1cc(Oc2ccc3c(-c4ccccc4C(=O)NCCN(C)C)c4ccc(=O)cc-4oc3c2)cc(C)c1O. The number of phenolic OH excluding ortho intramolecular Hbond substituents is 1. The molecule has 0 aromatic heterocycles. The summed E-state index contributed by atoms with van der Waals surface area (Å²) in [5.74, 6) is 1.61. The molecular formula is C32H30N2O5. The fourth-order valence-electron chi connectivity index (χ4n) is 4.70. The molecule has 0 unspecified atom stereocenters. The van der Waals surface area contributed by atoms with E-state index in [1.165, 1.54) is 12.1 Å². The van der Waals surface area contributed by atoms with E-state index in [-0.39, 0.29) is 17.1 Å². The van der Waals surface area contributed by atoms with Crippen molar-refractivity contribution in [3.8, 4) is 39.7 Å². The highest BCUT2D eigenvalue weighted by Crippen LogP contribution is 2.42. The average Bonchev–Trinajstić information content (AvgIpc) is 2.90. The molecule has 1 aliphatic heterocycles. The Kier molecular flexibility index (Phi) is 7.09. The number of ether oxygens (including phenoxy) is 1. The zero-order valence-electron chi connectivity index (χ0n) is 22.4. The Balaban J connectivity index is 1.64. The lowest BCUT2D eigenvalue weighted by Crippen LogP contribution is -2.31. The number of benzene rings is 4. The largest absolute Gasteiger partial charge is 0.507 e. The van der Waals surface area contributed by atoms with Crippen LogP contribution in [0.25, 0.3) is 33.4 Å². The zero-order valence-corrected chi connectivity index (χ0v) is 22.4. The normalized spacial score (nSPS) is 11.3. The van der Waals surface area contributed by atoms with Gasteiger partial charge in [-0.25, -0.2) is 0 Å². The van der Waals surface area contributed by atoms with Crippen LogP contribution in [0.2, 0.25) is 0 Å². The predicted octanol–water partition coefficient (Wildman–Crippen LogP) is 5.97. The number of carbonyl (C=O) groups excluding carboxylic acids is 1. The minimum atomic E-state index is -0.173. The van der Waals surface area contributed by atoms with Gasteiger partial charge in [0.15, 0.2) is 5.43 Å². The zero-order chi connectivity index (χ0) is 27.7. The third kappa shape index (κ3) is 5.35. The fraction of sp³-hybridized carbons (Fsp3) is 0.188. The summed E-state index contributed by atoms with van der Waals surface area (Å²) in [4.78, 5) is 27.5. The lowest BCUT2D eigenvalue weighted by molar-refractivity contribution is 0.0951. The molecule has 0 atom stereocenters. The molecule has 0 saturated carbocycles. The van der Waals surface area contributed by atoms with Crippen molar-refractivity contribution >= 4 is 16.9 Å². The van der Waals surface area contributed by atoms with Gasteiger partial charge in [0.2, 0.25) is 0 Å². The lowest BCUT2D eigenvalue weighted by Gasteiger charge is -2.18. The molecule has 3 aromatic carbocycles. The molecule has 1 amide bonds. The van der Waals surface area contributed by atoms with Crippen molar-refractivity contribution in [1.29, 1.82) is 0 Å². The van der Waals surface area contributed by atoms with Gasteiger partial charge in [-0.2, -0.15) is 0 Å². The van der Waals surface area contributed by atoms with Crippen LogP contribution in [-0.4, -0.2) is 43.1 Å². The molecule has 5 rings (SSSR count). The Hall–Kier alpha value is -4.62. The molecule has 7 nitrogen and oxygen atoms in total. The maximum atomic E-state index is 13.2. The summed E-state index contributed by atoms with van der Waals surface area (Å²) < 4.78 is 12.3. The number of carbonyl (C=O) groups is 1. The van der Waals surface area contributed by atoms with E-state index >= 15 is 0 Å². The predicted molar refractivity (Wildman–Crippen MR) is 153 cm³/mol. The van der Waals surface area contributed by atoms with Crippen molar-refractivity contribution < 1.29 is 19.1 Å². The quantitative estimate of drug-likeness (QED) is 0.256. The molecule has 0 radical (unpaired) electrons. The molecule has 2 aliphatic rings. The number of amides is 1. The number of hydrogen-bond donors (Lipinski definition) is 2. The maximum absolute atomic E-state index is 13.2. The summed E-state index contributed by atoms with van der Waals surface area (Å²) >= 11 is 0. The van der Waals surface area contributed by atoms with Crippen molar-refractivity contribution in [2.45, 2.75) is 13.8 Å². The van der Waals surface area contributed by atoms with Crippen LogP contribution in [0.3, 0.4) is 0 Å². The van der Waals surface area contributed by atoms with Gasteiger partial charge in [0.25, 0.3) is 5.91 Å². The Morgan fingerprint density at radius 1 is 0.923 bits per heavy atom. The third-order valence-electron chi connectivity index (χ3n) is 6.65. The molecule has 0 bridgehead atoms. The van der Waals surface area contributed by atoms with Crippen LogP contribution in [0, 0.1) is 13.8 Å². The number of nitrogens with one attached hydrogen (secondary N) is 1. The third-order valence-corrected chi connectivity index (χ3v) is 6.65. The highest BCUT2D eigenvalue weighted by atomic mass is 16.5. The molecule has 2 N–H and O–H groups in total. The first kappa shape index (κ1) is 26.0. The first-order valence-corrected chi connectivity index (χ1v) is 12.7. The van der Waals surface area contributed by atoms with Gasteiger partial charge in [0, 0.05) is 47.3 Å². The number of fused-ring (bicyclic) bond motifs is 2. The van der Waals surface area contributed by atoms with Gasteiger partial charge in [-0.3, -0.25) is 9.59 Å². The van der Waals surface area contributed by atoms with E-state index in [0.29, 0.717) is 46.1 Å². The maximum Gasteiger partial charge on any atom is 0.251 e. The van der Waals surface area contributed by atoms with Crippen LogP contribution in [0.4, 0.5) is 0 Å². The van der Waals surface area contributed by atoms with E-state index in [9.17, 15) is 14.7 Å². The van der Waals surface area contributed by atoms with Crippen molar-refractivity contribution in [1.82, 2.24) is 10.2 Å². The second-order valence-corrected chi connectivity index (χ2v) is 9.91. The second kappa shape index (κ2) is 10.6. The molecular weight excluding hydrogens is 492 g/mol. The first-order chi connectivity index (χ1) is 18.7. The molecule has 0 fully saturated rings. The van der Waals surface area contributed by atoms with Crippen LogP contribution >= 0.6 is 0 Å². The highest BCUT2D eigenvalue weighted by molar-refractivity contribution is 6.09. The number of nitrogens with zero attached hydrogens (tertiary/aromatic N) is 1. The summed E-state index contributed by atoms with van der Waals surface area (Å²) in [6, 6.07) is 21.2. The van der Waals surface area contributed by atoms with Gasteiger partial charge in [-0.05, 0) is 87.1 Å². The Morgan fingerprint density at radius 2 is 1.67 bits per heavy atom. The molecule has 198 valence electrons. The number of aromatic hydroxyl groups is 1. The van der Waals surface area contributed by atoms with E-state index in [0.717, 1.165) is 28.6 Å². The van der Waals surface area contributed by atoms with Crippen molar-refractivity contribution in [2.75, 3.05) is 27.2 Å². The standard InChI is InChI=1S/C32H30N2O5/c1-19-15-23(16-20(2)31(19)36)38-22-10-12-27-29(18-22)39-28-17-21(35)9-11-26(28)30(27)24-7-5-6-8-25(24)32(37)33-13-14-34(3)4/h5-12,15-18,36H,13-14H2,1-4H3,(H,33,37). The highest BCUT2D eigenvalue weighted by Gasteiger charge is 2.22. The molecule has 1 heterocycles. The van der Waals surface area contributed by atoms with E-state index in [1.807, 2.05) is 63.2 Å². The fourth-order valence-corrected chi connectivity index (χ4v) is 4.70. The Morgan fingerprint density at radius 3 is 2.41 bits per heavy atom.